The molecule has 3 aliphatic rings. The van der Waals surface area contributed by atoms with E-state index in [1.165, 1.54) is 6.08 Å². The van der Waals surface area contributed by atoms with Crippen LogP contribution in [0.5, 0.6) is 0 Å². The first-order chi connectivity index (χ1) is 13.9. The molecule has 3 fully saturated rings. The van der Waals surface area contributed by atoms with Gasteiger partial charge >= 0.3 is 0 Å². The Bertz CT molecular complexity index is 624. The van der Waals surface area contributed by atoms with E-state index in [0.29, 0.717) is 0 Å². The summed E-state index contributed by atoms with van der Waals surface area (Å²) in [5.74, 6) is -2.14. The predicted molar refractivity (Wildman–Crippen MR) is 104 cm³/mol. The molecule has 1 unspecified atom stereocenters. The number of hydrogen-bond acceptors (Lipinski definition) is 7. The van der Waals surface area contributed by atoms with Crippen LogP contribution in [0, 0.1) is 5.92 Å². The number of ether oxygens (including phenoxy) is 1. The molecule has 0 aromatic heterocycles. The Morgan fingerprint density at radius 3 is 2.45 bits per heavy atom. The van der Waals surface area contributed by atoms with Gasteiger partial charge in [0, 0.05) is 13.0 Å². The van der Waals surface area contributed by atoms with Crippen molar-refractivity contribution >= 4 is 11.7 Å². The van der Waals surface area contributed by atoms with Crippen LogP contribution in [-0.2, 0) is 14.3 Å². The predicted octanol–water partition coefficient (Wildman–Crippen LogP) is -0.0366. The summed E-state index contributed by atoms with van der Waals surface area (Å²) in [6.45, 7) is 0.260. The zero-order valence-corrected chi connectivity index (χ0v) is 16.7. The van der Waals surface area contributed by atoms with Crippen molar-refractivity contribution in [2.24, 2.45) is 5.92 Å². The number of aliphatic hydroxyl groups excluding tert-OH is 3. The second kappa shape index (κ2) is 9.66. The summed E-state index contributed by atoms with van der Waals surface area (Å²) in [5, 5.41) is 42.7. The number of epoxide rings is 1. The van der Waals surface area contributed by atoms with Crippen molar-refractivity contribution in [3.8, 4) is 0 Å². The van der Waals surface area contributed by atoms with Gasteiger partial charge in [-0.15, -0.1) is 0 Å². The Hall–Kier alpha value is -1.32. The van der Waals surface area contributed by atoms with Crippen molar-refractivity contribution in [2.45, 2.75) is 93.8 Å². The molecule has 2 saturated carbocycles. The normalized spacial score (nSPS) is 38.1. The van der Waals surface area contributed by atoms with Gasteiger partial charge < -0.3 is 30.5 Å². The van der Waals surface area contributed by atoms with E-state index >= 15 is 0 Å². The SMILES string of the molecule is O=C(/C=C/CCCCCCCCCO)NC1C[C@@]2(O)C(=O)[C@@H]([C@H](O)[C@@H]3O[C@@H]32)[C@@H]1O. The van der Waals surface area contributed by atoms with Gasteiger partial charge in [0.2, 0.25) is 5.91 Å². The van der Waals surface area contributed by atoms with Crippen molar-refractivity contribution < 1.29 is 34.8 Å². The van der Waals surface area contributed by atoms with E-state index in [2.05, 4.69) is 5.32 Å². The number of hydrogen-bond donors (Lipinski definition) is 5. The molecule has 3 rings (SSSR count). The first kappa shape index (κ1) is 22.4. The molecule has 0 aromatic carbocycles. The number of ketones is 1. The fourth-order valence-corrected chi connectivity index (χ4v) is 4.65. The minimum Gasteiger partial charge on any atom is -0.396 e. The molecule has 0 spiro atoms. The summed E-state index contributed by atoms with van der Waals surface area (Å²) in [6.07, 6.45) is 7.49. The van der Waals surface area contributed by atoms with E-state index in [4.69, 9.17) is 9.84 Å². The molecule has 0 aromatic rings. The maximum atomic E-state index is 12.4. The molecule has 0 radical (unpaired) electrons. The highest BCUT2D eigenvalue weighted by Crippen LogP contribution is 2.50. The van der Waals surface area contributed by atoms with Gasteiger partial charge in [0.05, 0.1) is 24.2 Å². The van der Waals surface area contributed by atoms with Gasteiger partial charge in [-0.1, -0.05) is 38.2 Å². The molecule has 29 heavy (non-hydrogen) atoms. The lowest BCUT2D eigenvalue weighted by atomic mass is 9.64. The van der Waals surface area contributed by atoms with Crippen molar-refractivity contribution in [2.75, 3.05) is 6.61 Å². The number of amides is 1. The van der Waals surface area contributed by atoms with E-state index in [1.54, 1.807) is 6.08 Å². The van der Waals surface area contributed by atoms with Crippen LogP contribution in [0.4, 0.5) is 0 Å². The largest absolute Gasteiger partial charge is 0.396 e. The molecule has 164 valence electrons. The lowest BCUT2D eigenvalue weighted by Gasteiger charge is -2.46. The standard InChI is InChI=1S/C21H33NO7/c23-11-9-7-5-3-1-2-4-6-8-10-14(24)22-13-12-21(28)19(27)15(16(13)25)17(26)18-20(21)29-18/h8,10,13,15-18,20,23,25-26,28H,1-7,9,11-12H2,(H,22,24)/b10-8+/t13?,15-,16-,17+,18+,20+,21-/m1/s1. The number of allylic oxidation sites excluding steroid dienone is 1. The van der Waals surface area contributed by atoms with E-state index < -0.39 is 53.7 Å². The van der Waals surface area contributed by atoms with Crippen LogP contribution in [0.25, 0.3) is 0 Å². The third-order valence-electron chi connectivity index (χ3n) is 6.37. The molecule has 8 heteroatoms. The lowest BCUT2D eigenvalue weighted by molar-refractivity contribution is -0.171. The van der Waals surface area contributed by atoms with Crippen LogP contribution in [0.15, 0.2) is 12.2 Å². The van der Waals surface area contributed by atoms with Gasteiger partial charge in [-0.25, -0.2) is 0 Å². The molecule has 2 bridgehead atoms. The summed E-state index contributed by atoms with van der Waals surface area (Å²) in [6, 6.07) is -0.821. The van der Waals surface area contributed by atoms with Gasteiger partial charge in [0.15, 0.2) is 11.4 Å². The molecule has 2 aliphatic carbocycles. The quantitative estimate of drug-likeness (QED) is 0.183. The molecule has 1 saturated heterocycles. The zero-order chi connectivity index (χ0) is 21.0. The average molecular weight is 411 g/mol. The highest BCUT2D eigenvalue weighted by atomic mass is 16.6. The number of aliphatic hydroxyl groups is 4. The average Bonchev–Trinajstić information content (AvgIpc) is 3.49. The summed E-state index contributed by atoms with van der Waals surface area (Å²) in [5.41, 5.74) is -1.76. The van der Waals surface area contributed by atoms with E-state index in [9.17, 15) is 24.9 Å². The fraction of sp³-hybridized carbons (Fsp3) is 0.810. The van der Waals surface area contributed by atoms with Crippen LogP contribution in [0.3, 0.4) is 0 Å². The molecule has 1 aliphatic heterocycles. The molecule has 8 nitrogen and oxygen atoms in total. The summed E-state index contributed by atoms with van der Waals surface area (Å²) < 4.78 is 5.25. The number of carbonyl (C=O) groups excluding carboxylic acids is 2. The van der Waals surface area contributed by atoms with Gasteiger partial charge in [-0.3, -0.25) is 9.59 Å². The Labute approximate surface area is 170 Å². The first-order valence-electron chi connectivity index (χ1n) is 10.8. The molecule has 5 N–H and O–H groups in total. The lowest BCUT2D eigenvalue weighted by Crippen LogP contribution is -2.69. The Morgan fingerprint density at radius 1 is 1.10 bits per heavy atom. The number of rotatable bonds is 11. The molecule has 1 heterocycles. The van der Waals surface area contributed by atoms with Crippen LogP contribution < -0.4 is 5.32 Å². The van der Waals surface area contributed by atoms with E-state index in [-0.39, 0.29) is 13.0 Å². The third kappa shape index (κ3) is 4.88. The summed E-state index contributed by atoms with van der Waals surface area (Å²) in [7, 11) is 0. The highest BCUT2D eigenvalue weighted by molar-refractivity contribution is 5.94. The van der Waals surface area contributed by atoms with Crippen molar-refractivity contribution in [3.63, 3.8) is 0 Å². The smallest absolute Gasteiger partial charge is 0.243 e. The second-order valence-electron chi connectivity index (χ2n) is 8.53. The van der Waals surface area contributed by atoms with Crippen LogP contribution in [0.1, 0.15) is 57.8 Å². The number of carbonyl (C=O) groups is 2. The van der Waals surface area contributed by atoms with Gasteiger partial charge in [0.1, 0.15) is 12.2 Å². The van der Waals surface area contributed by atoms with Crippen molar-refractivity contribution in [3.05, 3.63) is 12.2 Å². The van der Waals surface area contributed by atoms with Crippen molar-refractivity contribution in [1.29, 1.82) is 0 Å². The third-order valence-corrected chi connectivity index (χ3v) is 6.37. The van der Waals surface area contributed by atoms with Crippen LogP contribution >= 0.6 is 0 Å². The number of nitrogens with one attached hydrogen (secondary N) is 1. The summed E-state index contributed by atoms with van der Waals surface area (Å²) in [4.78, 5) is 24.6. The number of fused-ring (bicyclic) bond motifs is 4. The fourth-order valence-electron chi connectivity index (χ4n) is 4.65. The molecule has 1 amide bonds. The van der Waals surface area contributed by atoms with Gasteiger partial charge in [0.25, 0.3) is 0 Å². The van der Waals surface area contributed by atoms with Gasteiger partial charge in [-0.2, -0.15) is 0 Å². The zero-order valence-electron chi connectivity index (χ0n) is 16.7. The van der Waals surface area contributed by atoms with Crippen molar-refractivity contribution in [1.82, 2.24) is 5.32 Å². The minimum atomic E-state index is -1.76. The molecule has 7 atom stereocenters. The Kier molecular flexibility index (Phi) is 7.45. The maximum Gasteiger partial charge on any atom is 0.243 e. The van der Waals surface area contributed by atoms with Crippen LogP contribution in [-0.4, -0.2) is 74.8 Å². The highest BCUT2D eigenvalue weighted by Gasteiger charge is 2.72. The Morgan fingerprint density at radius 2 is 1.76 bits per heavy atom. The second-order valence-corrected chi connectivity index (χ2v) is 8.53. The first-order valence-corrected chi connectivity index (χ1v) is 10.8. The number of Topliss-reactive ketones (excluding diaryl/α,β-unsaturated/α-hetero) is 1. The van der Waals surface area contributed by atoms with Crippen LogP contribution in [0.2, 0.25) is 0 Å². The number of unbranched alkanes of at least 4 members (excludes halogenated alkanes) is 7. The summed E-state index contributed by atoms with van der Waals surface area (Å²) >= 11 is 0. The topological polar surface area (TPSA) is 140 Å². The molecular formula is C21H33NO7. The maximum absolute atomic E-state index is 12.4. The Balaban J connectivity index is 1.38. The van der Waals surface area contributed by atoms with E-state index in [1.807, 2.05) is 0 Å². The van der Waals surface area contributed by atoms with E-state index in [0.717, 1.165) is 51.4 Å². The van der Waals surface area contributed by atoms with Gasteiger partial charge in [-0.05, 0) is 25.3 Å². The minimum absolute atomic E-state index is 0.118. The monoisotopic (exact) mass is 411 g/mol. The molecular weight excluding hydrogens is 378 g/mol.